The smallest absolute Gasteiger partial charge is 0.338 e. The summed E-state index contributed by atoms with van der Waals surface area (Å²) in [6, 6.07) is 16.4. The average Bonchev–Trinajstić information content (AvgIpc) is 3.02. The number of hydrogen-bond donors (Lipinski definition) is 1. The van der Waals surface area contributed by atoms with E-state index in [0.29, 0.717) is 11.3 Å². The highest BCUT2D eigenvalue weighted by Crippen LogP contribution is 2.17. The maximum absolute atomic E-state index is 12.9. The van der Waals surface area contributed by atoms with Crippen LogP contribution in [0.3, 0.4) is 0 Å². The van der Waals surface area contributed by atoms with E-state index in [0.717, 1.165) is 17.1 Å². The number of aryl methyl sites for hydroxylation is 2. The van der Waals surface area contributed by atoms with E-state index in [-0.39, 0.29) is 0 Å². The van der Waals surface area contributed by atoms with Gasteiger partial charge in [0.15, 0.2) is 6.10 Å². The summed E-state index contributed by atoms with van der Waals surface area (Å²) in [5.74, 6) is -1.48. The van der Waals surface area contributed by atoms with Gasteiger partial charge in [-0.1, -0.05) is 0 Å². The molecule has 3 rings (SSSR count). The first-order valence-corrected chi connectivity index (χ1v) is 8.88. The Bertz CT molecular complexity index is 972. The van der Waals surface area contributed by atoms with Gasteiger partial charge in [-0.05, 0) is 81.4 Å². The van der Waals surface area contributed by atoms with Gasteiger partial charge >= 0.3 is 5.97 Å². The number of nitrogens with one attached hydrogen (secondary N) is 1. The van der Waals surface area contributed by atoms with Gasteiger partial charge in [-0.2, -0.15) is 0 Å². The molecule has 1 N–H and O–H groups in total. The van der Waals surface area contributed by atoms with Crippen molar-refractivity contribution < 1.29 is 18.7 Å². The third-order valence-electron chi connectivity index (χ3n) is 4.40. The fraction of sp³-hybridized carbons (Fsp3) is 0.182. The maximum Gasteiger partial charge on any atom is 0.338 e. The van der Waals surface area contributed by atoms with E-state index in [1.807, 2.05) is 38.1 Å². The van der Waals surface area contributed by atoms with Crippen molar-refractivity contribution in [1.29, 1.82) is 0 Å². The molecule has 144 valence electrons. The van der Waals surface area contributed by atoms with Gasteiger partial charge in [0.05, 0.1) is 5.56 Å². The molecule has 0 fully saturated rings. The number of carbonyl (C=O) groups is 2. The summed E-state index contributed by atoms with van der Waals surface area (Å²) < 4.78 is 20.2. The van der Waals surface area contributed by atoms with Gasteiger partial charge in [-0.3, -0.25) is 4.79 Å². The molecule has 1 atom stereocenters. The number of benzene rings is 2. The van der Waals surface area contributed by atoms with E-state index >= 15 is 0 Å². The van der Waals surface area contributed by atoms with Crippen LogP contribution in [0.15, 0.2) is 60.7 Å². The lowest BCUT2D eigenvalue weighted by molar-refractivity contribution is -0.123. The zero-order chi connectivity index (χ0) is 20.3. The number of esters is 1. The Morgan fingerprint density at radius 3 is 2.07 bits per heavy atom. The minimum atomic E-state index is -0.994. The maximum atomic E-state index is 12.9. The van der Waals surface area contributed by atoms with Gasteiger partial charge in [0, 0.05) is 22.8 Å². The Morgan fingerprint density at radius 1 is 0.929 bits per heavy atom. The third kappa shape index (κ3) is 4.28. The van der Waals surface area contributed by atoms with Gasteiger partial charge in [-0.25, -0.2) is 9.18 Å². The molecule has 0 radical (unpaired) electrons. The lowest BCUT2D eigenvalue weighted by Crippen LogP contribution is -2.30. The second-order valence-corrected chi connectivity index (χ2v) is 6.54. The van der Waals surface area contributed by atoms with Crippen molar-refractivity contribution in [3.63, 3.8) is 0 Å². The summed E-state index contributed by atoms with van der Waals surface area (Å²) in [6.07, 6.45) is -0.994. The number of rotatable bonds is 5. The van der Waals surface area contributed by atoms with Crippen LogP contribution in [-0.2, 0) is 9.53 Å². The fourth-order valence-corrected chi connectivity index (χ4v) is 2.88. The topological polar surface area (TPSA) is 60.3 Å². The molecule has 5 nitrogen and oxygen atoms in total. The van der Waals surface area contributed by atoms with Crippen LogP contribution in [0.1, 0.15) is 28.7 Å². The van der Waals surface area contributed by atoms with Crippen molar-refractivity contribution >= 4 is 17.6 Å². The minimum absolute atomic E-state index is 0.354. The summed E-state index contributed by atoms with van der Waals surface area (Å²) in [5.41, 5.74) is 3.92. The number of anilines is 1. The van der Waals surface area contributed by atoms with Gasteiger partial charge in [0.2, 0.25) is 0 Å². The molecule has 3 aromatic rings. The van der Waals surface area contributed by atoms with E-state index < -0.39 is 23.8 Å². The Labute approximate surface area is 162 Å². The lowest BCUT2D eigenvalue weighted by atomic mass is 10.2. The molecule has 0 unspecified atom stereocenters. The number of amides is 1. The molecule has 0 spiro atoms. The molecular formula is C22H21FN2O3. The van der Waals surface area contributed by atoms with Crippen molar-refractivity contribution in [2.24, 2.45) is 0 Å². The second-order valence-electron chi connectivity index (χ2n) is 6.54. The SMILES string of the molecule is Cc1ccc(C)n1-c1ccc(C(=O)O[C@H](C)C(=O)Nc2ccc(F)cc2)cc1. The fourth-order valence-electron chi connectivity index (χ4n) is 2.88. The molecule has 0 saturated carbocycles. The molecular weight excluding hydrogens is 359 g/mol. The molecule has 1 amide bonds. The van der Waals surface area contributed by atoms with Gasteiger partial charge < -0.3 is 14.6 Å². The quantitative estimate of drug-likeness (QED) is 0.667. The molecule has 0 saturated heterocycles. The van der Waals surface area contributed by atoms with Gasteiger partial charge in [0.25, 0.3) is 5.91 Å². The Morgan fingerprint density at radius 2 is 1.50 bits per heavy atom. The van der Waals surface area contributed by atoms with Crippen LogP contribution < -0.4 is 5.32 Å². The van der Waals surface area contributed by atoms with Crippen LogP contribution in [0, 0.1) is 19.7 Å². The third-order valence-corrected chi connectivity index (χ3v) is 4.40. The summed E-state index contributed by atoms with van der Waals surface area (Å²) >= 11 is 0. The van der Waals surface area contributed by atoms with E-state index in [4.69, 9.17) is 4.74 Å². The molecule has 0 aliphatic heterocycles. The van der Waals surface area contributed by atoms with Crippen LogP contribution >= 0.6 is 0 Å². The number of aromatic nitrogens is 1. The summed E-state index contributed by atoms with van der Waals surface area (Å²) in [6.45, 7) is 5.50. The predicted octanol–water partition coefficient (Wildman–Crippen LogP) is 4.42. The molecule has 6 heteroatoms. The van der Waals surface area contributed by atoms with E-state index in [1.54, 1.807) is 12.1 Å². The van der Waals surface area contributed by atoms with Crippen LogP contribution in [0.2, 0.25) is 0 Å². The van der Waals surface area contributed by atoms with Crippen molar-refractivity contribution in [1.82, 2.24) is 4.57 Å². The highest BCUT2D eigenvalue weighted by Gasteiger charge is 2.19. The number of hydrogen-bond acceptors (Lipinski definition) is 3. The summed E-state index contributed by atoms with van der Waals surface area (Å²) in [4.78, 5) is 24.5. The Balaban J connectivity index is 1.63. The first-order valence-electron chi connectivity index (χ1n) is 8.88. The van der Waals surface area contributed by atoms with Crippen LogP contribution in [0.25, 0.3) is 5.69 Å². The second kappa shape index (κ2) is 8.08. The van der Waals surface area contributed by atoms with E-state index in [2.05, 4.69) is 9.88 Å². The standard InChI is InChI=1S/C22H21FN2O3/c1-14-4-5-15(2)25(14)20-12-6-17(7-13-20)22(27)28-16(3)21(26)24-19-10-8-18(23)9-11-19/h4-13,16H,1-3H3,(H,24,26)/t16-/m1/s1. The van der Waals surface area contributed by atoms with E-state index in [1.165, 1.54) is 31.2 Å². The lowest BCUT2D eigenvalue weighted by Gasteiger charge is -2.14. The van der Waals surface area contributed by atoms with Gasteiger partial charge in [0.1, 0.15) is 5.82 Å². The molecule has 1 aromatic heterocycles. The monoisotopic (exact) mass is 380 g/mol. The van der Waals surface area contributed by atoms with Gasteiger partial charge in [-0.15, -0.1) is 0 Å². The normalized spacial score (nSPS) is 11.7. The number of carbonyl (C=O) groups excluding carboxylic acids is 2. The van der Waals surface area contributed by atoms with Crippen LogP contribution in [0.4, 0.5) is 10.1 Å². The zero-order valence-electron chi connectivity index (χ0n) is 15.9. The Hall–Kier alpha value is -3.41. The molecule has 28 heavy (non-hydrogen) atoms. The molecule has 0 bridgehead atoms. The van der Waals surface area contributed by atoms with Crippen molar-refractivity contribution in [3.8, 4) is 5.69 Å². The summed E-state index contributed by atoms with van der Waals surface area (Å²) in [7, 11) is 0. The zero-order valence-corrected chi connectivity index (χ0v) is 15.9. The van der Waals surface area contributed by atoms with E-state index in [9.17, 15) is 14.0 Å². The first kappa shape index (κ1) is 19.4. The number of nitrogens with zero attached hydrogens (tertiary/aromatic N) is 1. The average molecular weight is 380 g/mol. The van der Waals surface area contributed by atoms with Crippen molar-refractivity contribution in [3.05, 3.63) is 83.4 Å². The van der Waals surface area contributed by atoms with Crippen LogP contribution in [-0.4, -0.2) is 22.5 Å². The molecule has 0 aliphatic rings. The first-order chi connectivity index (χ1) is 13.3. The van der Waals surface area contributed by atoms with Crippen molar-refractivity contribution in [2.75, 3.05) is 5.32 Å². The Kier molecular flexibility index (Phi) is 5.59. The summed E-state index contributed by atoms with van der Waals surface area (Å²) in [5, 5.41) is 2.58. The largest absolute Gasteiger partial charge is 0.449 e. The predicted molar refractivity (Wildman–Crippen MR) is 105 cm³/mol. The van der Waals surface area contributed by atoms with Crippen LogP contribution in [0.5, 0.6) is 0 Å². The molecule has 0 aliphatic carbocycles. The highest BCUT2D eigenvalue weighted by atomic mass is 19.1. The highest BCUT2D eigenvalue weighted by molar-refractivity contribution is 5.97. The molecule has 1 heterocycles. The number of halogens is 1. The van der Waals surface area contributed by atoms with Crippen molar-refractivity contribution in [2.45, 2.75) is 26.9 Å². The molecule has 2 aromatic carbocycles. The number of ether oxygens (including phenoxy) is 1. The minimum Gasteiger partial charge on any atom is -0.449 e.